The van der Waals surface area contributed by atoms with Crippen molar-refractivity contribution in [1.29, 1.82) is 0 Å². The zero-order valence-corrected chi connectivity index (χ0v) is 16.0. The highest BCUT2D eigenvalue weighted by Crippen LogP contribution is 2.28. The fourth-order valence-electron chi connectivity index (χ4n) is 3.38. The van der Waals surface area contributed by atoms with Crippen LogP contribution in [-0.2, 0) is 4.74 Å². The Morgan fingerprint density at radius 3 is 2.81 bits per heavy atom. The van der Waals surface area contributed by atoms with Gasteiger partial charge in [0.05, 0.1) is 36.3 Å². The Labute approximate surface area is 162 Å². The third-order valence-electron chi connectivity index (χ3n) is 4.92. The maximum absolute atomic E-state index is 12.9. The number of halogens is 1. The highest BCUT2D eigenvalue weighted by atomic mass is 35.5. The number of esters is 1. The fourth-order valence-corrected chi connectivity index (χ4v) is 3.63. The van der Waals surface area contributed by atoms with Gasteiger partial charge in [0.25, 0.3) is 5.56 Å². The van der Waals surface area contributed by atoms with Crippen molar-refractivity contribution in [2.24, 2.45) is 5.92 Å². The van der Waals surface area contributed by atoms with Crippen molar-refractivity contribution in [2.45, 2.75) is 25.9 Å². The van der Waals surface area contributed by atoms with E-state index in [1.807, 2.05) is 4.90 Å². The number of carbonyl (C=O) groups excluding carboxylic acids is 1. The summed E-state index contributed by atoms with van der Waals surface area (Å²) in [6.07, 6.45) is 2.94. The van der Waals surface area contributed by atoms with Crippen molar-refractivity contribution < 1.29 is 14.6 Å². The van der Waals surface area contributed by atoms with Crippen molar-refractivity contribution in [3.63, 3.8) is 0 Å². The topological polar surface area (TPSA) is 84.7 Å². The van der Waals surface area contributed by atoms with Crippen LogP contribution in [0.5, 0.6) is 0 Å². The van der Waals surface area contributed by atoms with E-state index in [0.29, 0.717) is 17.9 Å². The smallest absolute Gasteiger partial charge is 0.340 e. The second kappa shape index (κ2) is 8.10. The summed E-state index contributed by atoms with van der Waals surface area (Å²) in [5.74, 6) is -0.437. The Morgan fingerprint density at radius 1 is 1.37 bits per heavy atom. The SMILES string of the molecule is COC(=O)c1ccccc1-n1ncc(N2CCCC(C(C)O)C2)c(Cl)c1=O. The van der Waals surface area contributed by atoms with Gasteiger partial charge in [0, 0.05) is 19.0 Å². The number of aliphatic hydroxyl groups excluding tert-OH is 1. The summed E-state index contributed by atoms with van der Waals surface area (Å²) in [4.78, 5) is 26.8. The lowest BCUT2D eigenvalue weighted by molar-refractivity contribution is 0.0600. The van der Waals surface area contributed by atoms with Crippen LogP contribution in [0.1, 0.15) is 30.1 Å². The monoisotopic (exact) mass is 391 g/mol. The van der Waals surface area contributed by atoms with Crippen LogP contribution in [0.3, 0.4) is 0 Å². The summed E-state index contributed by atoms with van der Waals surface area (Å²) in [7, 11) is 1.28. The number of methoxy groups -OCH3 is 1. The molecule has 1 saturated heterocycles. The van der Waals surface area contributed by atoms with Crippen LogP contribution in [-0.4, -0.2) is 47.2 Å². The molecule has 0 aliphatic carbocycles. The Kier molecular flexibility index (Phi) is 5.82. The lowest BCUT2D eigenvalue weighted by Gasteiger charge is -2.35. The maximum Gasteiger partial charge on any atom is 0.340 e. The number of ether oxygens (including phenoxy) is 1. The first-order valence-corrected chi connectivity index (χ1v) is 9.20. The molecule has 144 valence electrons. The molecule has 3 rings (SSSR count). The first-order chi connectivity index (χ1) is 12.9. The summed E-state index contributed by atoms with van der Waals surface area (Å²) < 4.78 is 5.88. The van der Waals surface area contributed by atoms with E-state index in [9.17, 15) is 14.7 Å². The highest BCUT2D eigenvalue weighted by Gasteiger charge is 2.26. The quantitative estimate of drug-likeness (QED) is 0.805. The van der Waals surface area contributed by atoms with E-state index >= 15 is 0 Å². The van der Waals surface area contributed by atoms with Crippen LogP contribution in [0.25, 0.3) is 5.69 Å². The van der Waals surface area contributed by atoms with E-state index in [0.717, 1.165) is 24.1 Å². The minimum atomic E-state index is -0.560. The number of piperidine rings is 1. The normalized spacial score (nSPS) is 18.2. The maximum atomic E-state index is 12.9. The van der Waals surface area contributed by atoms with Gasteiger partial charge in [-0.25, -0.2) is 4.79 Å². The molecule has 1 aliphatic rings. The first kappa shape index (κ1) is 19.4. The molecule has 0 bridgehead atoms. The van der Waals surface area contributed by atoms with Crippen LogP contribution in [0.4, 0.5) is 5.69 Å². The molecule has 7 nitrogen and oxygen atoms in total. The van der Waals surface area contributed by atoms with E-state index < -0.39 is 17.6 Å². The van der Waals surface area contributed by atoms with Crippen LogP contribution in [0.2, 0.25) is 5.02 Å². The molecule has 8 heteroatoms. The van der Waals surface area contributed by atoms with Crippen LogP contribution >= 0.6 is 11.6 Å². The Balaban J connectivity index is 2.00. The molecule has 1 aliphatic heterocycles. The number of hydrogen-bond acceptors (Lipinski definition) is 6. The van der Waals surface area contributed by atoms with Gasteiger partial charge in [-0.1, -0.05) is 23.7 Å². The summed E-state index contributed by atoms with van der Waals surface area (Å²) in [5, 5.41) is 14.2. The number of benzene rings is 1. The van der Waals surface area contributed by atoms with E-state index in [4.69, 9.17) is 16.3 Å². The van der Waals surface area contributed by atoms with Gasteiger partial charge in [-0.3, -0.25) is 4.79 Å². The molecule has 1 N–H and O–H groups in total. The molecule has 2 heterocycles. The van der Waals surface area contributed by atoms with E-state index in [1.54, 1.807) is 31.2 Å². The second-order valence-electron chi connectivity index (χ2n) is 6.66. The summed E-state index contributed by atoms with van der Waals surface area (Å²) in [6.45, 7) is 3.13. The zero-order valence-electron chi connectivity index (χ0n) is 15.3. The number of anilines is 1. The van der Waals surface area contributed by atoms with Gasteiger partial charge in [-0.2, -0.15) is 9.78 Å². The van der Waals surface area contributed by atoms with E-state index in [-0.39, 0.29) is 16.5 Å². The average molecular weight is 392 g/mol. The Morgan fingerprint density at radius 2 is 2.11 bits per heavy atom. The molecule has 1 aromatic heterocycles. The molecule has 27 heavy (non-hydrogen) atoms. The number of aromatic nitrogens is 2. The second-order valence-corrected chi connectivity index (χ2v) is 7.04. The fraction of sp³-hybridized carbons (Fsp3) is 0.421. The van der Waals surface area contributed by atoms with Gasteiger partial charge >= 0.3 is 5.97 Å². The molecular weight excluding hydrogens is 370 g/mol. The molecule has 0 radical (unpaired) electrons. The van der Waals surface area contributed by atoms with Crippen molar-refractivity contribution in [2.75, 3.05) is 25.1 Å². The van der Waals surface area contributed by atoms with Crippen LogP contribution in [0, 0.1) is 5.92 Å². The van der Waals surface area contributed by atoms with Gasteiger partial charge in [0.1, 0.15) is 5.02 Å². The van der Waals surface area contributed by atoms with Gasteiger partial charge in [-0.05, 0) is 31.9 Å². The van der Waals surface area contributed by atoms with Gasteiger partial charge in [0.2, 0.25) is 0 Å². The largest absolute Gasteiger partial charge is 0.465 e. The molecule has 2 unspecified atom stereocenters. The van der Waals surface area contributed by atoms with Crippen molar-refractivity contribution in [3.8, 4) is 5.69 Å². The van der Waals surface area contributed by atoms with Crippen LogP contribution < -0.4 is 10.5 Å². The van der Waals surface area contributed by atoms with Gasteiger partial charge in [0.15, 0.2) is 0 Å². The summed E-state index contributed by atoms with van der Waals surface area (Å²) in [5.41, 5.74) is 0.567. The lowest BCUT2D eigenvalue weighted by atomic mass is 9.93. The third-order valence-corrected chi connectivity index (χ3v) is 5.27. The number of nitrogens with zero attached hydrogens (tertiary/aromatic N) is 3. The highest BCUT2D eigenvalue weighted by molar-refractivity contribution is 6.33. The van der Waals surface area contributed by atoms with Gasteiger partial charge < -0.3 is 14.7 Å². The van der Waals surface area contributed by atoms with Crippen molar-refractivity contribution in [1.82, 2.24) is 9.78 Å². The zero-order chi connectivity index (χ0) is 19.6. The number of para-hydroxylation sites is 1. The minimum Gasteiger partial charge on any atom is -0.465 e. The molecule has 0 spiro atoms. The molecular formula is C19H22ClN3O4. The lowest BCUT2D eigenvalue weighted by Crippen LogP contribution is -2.40. The van der Waals surface area contributed by atoms with Crippen molar-refractivity contribution in [3.05, 3.63) is 51.4 Å². The molecule has 0 saturated carbocycles. The predicted octanol–water partition coefficient (Wildman–Crippen LogP) is 2.27. The Hall–Kier alpha value is -2.38. The predicted molar refractivity (Wildman–Crippen MR) is 103 cm³/mol. The standard InChI is InChI=1S/C19H22ClN3O4/c1-12(24)13-6-5-9-22(11-13)16-10-21-23(18(25)17(16)20)15-8-4-3-7-14(15)19(26)27-2/h3-4,7-8,10,12-13,24H,5-6,9,11H2,1-2H3. The third kappa shape index (κ3) is 3.84. The molecule has 1 fully saturated rings. The molecule has 2 atom stereocenters. The van der Waals surface area contributed by atoms with Crippen molar-refractivity contribution >= 4 is 23.3 Å². The first-order valence-electron chi connectivity index (χ1n) is 8.82. The number of hydrogen-bond donors (Lipinski definition) is 1. The summed E-state index contributed by atoms with van der Waals surface area (Å²) in [6, 6.07) is 6.56. The molecule has 0 amide bonds. The Bertz CT molecular complexity index is 897. The van der Waals surface area contributed by atoms with Gasteiger partial charge in [-0.15, -0.1) is 0 Å². The summed E-state index contributed by atoms with van der Waals surface area (Å²) >= 11 is 6.38. The number of aliphatic hydroxyl groups is 1. The number of carbonyl (C=O) groups is 1. The minimum absolute atomic E-state index is 0.0379. The molecule has 1 aromatic carbocycles. The number of rotatable bonds is 4. The molecule has 2 aromatic rings. The van der Waals surface area contributed by atoms with E-state index in [2.05, 4.69) is 5.10 Å². The van der Waals surface area contributed by atoms with Crippen LogP contribution in [0.15, 0.2) is 35.3 Å². The average Bonchev–Trinajstić information content (AvgIpc) is 2.69. The van der Waals surface area contributed by atoms with E-state index in [1.165, 1.54) is 13.3 Å².